The molecule has 0 spiro atoms. The molecule has 1 amide bonds. The van der Waals surface area contributed by atoms with Crippen LogP contribution in [0.4, 0.5) is 5.69 Å². The van der Waals surface area contributed by atoms with Crippen LogP contribution in [-0.4, -0.2) is 10.9 Å². The van der Waals surface area contributed by atoms with Crippen LogP contribution in [-0.2, 0) is 6.61 Å². The lowest BCUT2D eigenvalue weighted by Gasteiger charge is -2.13. The maximum Gasteiger partial charge on any atom is 0.255 e. The van der Waals surface area contributed by atoms with Gasteiger partial charge in [-0.15, -0.1) is 11.3 Å². The van der Waals surface area contributed by atoms with Crippen LogP contribution >= 0.6 is 43.2 Å². The van der Waals surface area contributed by atoms with Crippen molar-refractivity contribution in [2.24, 2.45) is 0 Å². The molecule has 0 aliphatic carbocycles. The molecule has 5 rings (SSSR count). The fourth-order valence-corrected chi connectivity index (χ4v) is 5.80. The van der Waals surface area contributed by atoms with Gasteiger partial charge in [-0.1, -0.05) is 58.4 Å². The highest BCUT2D eigenvalue weighted by atomic mass is 79.9. The fourth-order valence-electron chi connectivity index (χ4n) is 3.49. The van der Waals surface area contributed by atoms with E-state index in [0.29, 0.717) is 23.6 Å². The van der Waals surface area contributed by atoms with Crippen LogP contribution in [0.3, 0.4) is 0 Å². The van der Waals surface area contributed by atoms with Gasteiger partial charge in [-0.2, -0.15) is 0 Å². The number of rotatable bonds is 6. The second-order valence-corrected chi connectivity index (χ2v) is 10.4. The summed E-state index contributed by atoms with van der Waals surface area (Å²) >= 11 is 8.76. The Hall–Kier alpha value is -3.00. The van der Waals surface area contributed by atoms with E-state index in [1.54, 1.807) is 23.5 Å². The van der Waals surface area contributed by atoms with Gasteiger partial charge >= 0.3 is 0 Å². The molecule has 168 valence electrons. The molecule has 7 heteroatoms. The minimum absolute atomic E-state index is 0.208. The van der Waals surface area contributed by atoms with Gasteiger partial charge in [-0.25, -0.2) is 4.98 Å². The summed E-state index contributed by atoms with van der Waals surface area (Å²) in [5.74, 6) is 0.500. The first-order valence-corrected chi connectivity index (χ1v) is 12.9. The normalized spacial score (nSPS) is 10.9. The van der Waals surface area contributed by atoms with Crippen molar-refractivity contribution in [3.63, 3.8) is 0 Å². The predicted molar refractivity (Wildman–Crippen MR) is 146 cm³/mol. The second kappa shape index (κ2) is 10.1. The van der Waals surface area contributed by atoms with Crippen LogP contribution in [0.2, 0.25) is 0 Å². The number of amides is 1. The minimum Gasteiger partial charge on any atom is -0.489 e. The summed E-state index contributed by atoms with van der Waals surface area (Å²) in [5.41, 5.74) is 4.08. The number of carbonyl (C=O) groups is 1. The summed E-state index contributed by atoms with van der Waals surface area (Å²) < 4.78 is 8.59. The van der Waals surface area contributed by atoms with Gasteiger partial charge in [-0.3, -0.25) is 4.79 Å². The minimum atomic E-state index is -0.208. The third-order valence-corrected chi connectivity index (χ3v) is 7.34. The zero-order valence-electron chi connectivity index (χ0n) is 17.8. The third kappa shape index (κ3) is 5.06. The summed E-state index contributed by atoms with van der Waals surface area (Å²) in [5, 5.41) is 3.90. The van der Waals surface area contributed by atoms with Gasteiger partial charge < -0.3 is 10.1 Å². The van der Waals surface area contributed by atoms with Gasteiger partial charge in [0.05, 0.1) is 15.9 Å². The number of hydrogen-bond acceptors (Lipinski definition) is 4. The van der Waals surface area contributed by atoms with E-state index in [1.165, 1.54) is 0 Å². The van der Waals surface area contributed by atoms with Crippen LogP contribution in [0, 0.1) is 0 Å². The Kier molecular flexibility index (Phi) is 6.76. The summed E-state index contributed by atoms with van der Waals surface area (Å²) in [4.78, 5) is 17.9. The third-order valence-electron chi connectivity index (χ3n) is 5.18. The first-order chi connectivity index (χ1) is 16.6. The number of halogens is 2. The van der Waals surface area contributed by atoms with E-state index in [-0.39, 0.29) is 5.91 Å². The molecule has 1 aromatic heterocycles. The second-order valence-electron chi connectivity index (χ2n) is 7.55. The van der Waals surface area contributed by atoms with Gasteiger partial charge in [0.15, 0.2) is 0 Å². The topological polar surface area (TPSA) is 51.2 Å². The largest absolute Gasteiger partial charge is 0.489 e. The smallest absolute Gasteiger partial charge is 0.255 e. The molecule has 0 aliphatic heterocycles. The number of ether oxygens (including phenoxy) is 1. The summed E-state index contributed by atoms with van der Waals surface area (Å²) in [6.45, 7) is 0.476. The number of nitrogens with one attached hydrogen (secondary N) is 1. The quantitative estimate of drug-likeness (QED) is 0.215. The zero-order chi connectivity index (χ0) is 23.5. The average Bonchev–Trinajstić information content (AvgIpc) is 3.29. The first-order valence-electron chi connectivity index (χ1n) is 10.5. The lowest BCUT2D eigenvalue weighted by Crippen LogP contribution is -2.13. The Labute approximate surface area is 217 Å². The molecule has 0 fully saturated rings. The van der Waals surface area contributed by atoms with Gasteiger partial charge in [-0.05, 0) is 70.0 Å². The van der Waals surface area contributed by atoms with Crippen LogP contribution in [0.15, 0.2) is 99.9 Å². The molecular formula is C27H18Br2N2O2S. The monoisotopic (exact) mass is 592 g/mol. The van der Waals surface area contributed by atoms with Gasteiger partial charge in [0.25, 0.3) is 5.91 Å². The van der Waals surface area contributed by atoms with Crippen LogP contribution in [0.1, 0.15) is 15.9 Å². The molecule has 0 unspecified atom stereocenters. The maximum absolute atomic E-state index is 13.1. The predicted octanol–water partition coefficient (Wildman–Crippen LogP) is 8.32. The van der Waals surface area contributed by atoms with Crippen molar-refractivity contribution in [1.29, 1.82) is 0 Å². The molecule has 4 aromatic carbocycles. The Bertz CT molecular complexity index is 1430. The summed E-state index contributed by atoms with van der Waals surface area (Å²) in [6.07, 6.45) is 0. The lowest BCUT2D eigenvalue weighted by atomic mass is 10.1. The summed E-state index contributed by atoms with van der Waals surface area (Å²) in [6, 6.07) is 29.0. The molecule has 0 saturated heterocycles. The lowest BCUT2D eigenvalue weighted by molar-refractivity contribution is 0.102. The number of fused-ring (bicyclic) bond motifs is 1. The number of nitrogens with zero attached hydrogens (tertiary/aromatic N) is 1. The van der Waals surface area contributed by atoms with Crippen LogP contribution < -0.4 is 10.1 Å². The molecule has 1 heterocycles. The van der Waals surface area contributed by atoms with Crippen LogP contribution in [0.5, 0.6) is 5.75 Å². The van der Waals surface area contributed by atoms with E-state index < -0.39 is 0 Å². The molecule has 5 aromatic rings. The van der Waals surface area contributed by atoms with Crippen molar-refractivity contribution in [1.82, 2.24) is 4.98 Å². The van der Waals surface area contributed by atoms with Crippen molar-refractivity contribution in [3.05, 3.63) is 111 Å². The number of anilines is 1. The Morgan fingerprint density at radius 3 is 2.41 bits per heavy atom. The zero-order valence-corrected chi connectivity index (χ0v) is 21.8. The first kappa shape index (κ1) is 22.8. The number of carbonyl (C=O) groups excluding carboxylic acids is 1. The molecule has 0 radical (unpaired) electrons. The van der Waals surface area contributed by atoms with Crippen molar-refractivity contribution in [3.8, 4) is 16.3 Å². The molecule has 34 heavy (non-hydrogen) atoms. The number of hydrogen-bond donors (Lipinski definition) is 1. The van der Waals surface area contributed by atoms with Crippen molar-refractivity contribution < 1.29 is 9.53 Å². The van der Waals surface area contributed by atoms with Gasteiger partial charge in [0.2, 0.25) is 0 Å². The van der Waals surface area contributed by atoms with E-state index in [4.69, 9.17) is 9.72 Å². The highest BCUT2D eigenvalue weighted by Crippen LogP contribution is 2.40. The van der Waals surface area contributed by atoms with Crippen molar-refractivity contribution in [2.75, 3.05) is 5.32 Å². The highest BCUT2D eigenvalue weighted by molar-refractivity contribution is 9.11. The van der Waals surface area contributed by atoms with E-state index >= 15 is 0 Å². The van der Waals surface area contributed by atoms with E-state index in [0.717, 1.165) is 35.3 Å². The SMILES string of the molecule is O=C(Nc1c(Br)cc(Br)cc1-c1nc2ccccc2s1)c1ccc(OCc2ccccc2)cc1. The average molecular weight is 594 g/mol. The molecule has 0 atom stereocenters. The number of benzene rings is 4. The number of thiazole rings is 1. The standard InChI is InChI=1S/C27H18Br2N2O2S/c28-19-14-21(27-30-23-8-4-5-9-24(23)34-27)25(22(29)15-19)31-26(32)18-10-12-20(13-11-18)33-16-17-6-2-1-3-7-17/h1-15H,16H2,(H,31,32). The molecule has 0 aliphatic rings. The van der Waals surface area contributed by atoms with Crippen molar-refractivity contribution in [2.45, 2.75) is 6.61 Å². The van der Waals surface area contributed by atoms with Crippen molar-refractivity contribution >= 4 is 65.0 Å². The van der Waals surface area contributed by atoms with Gasteiger partial charge in [0.1, 0.15) is 17.4 Å². The number of aromatic nitrogens is 1. The van der Waals surface area contributed by atoms with E-state index in [9.17, 15) is 4.79 Å². The Morgan fingerprint density at radius 2 is 1.65 bits per heavy atom. The van der Waals surface area contributed by atoms with E-state index in [1.807, 2.05) is 78.9 Å². The Balaban J connectivity index is 1.37. The maximum atomic E-state index is 13.1. The summed E-state index contributed by atoms with van der Waals surface area (Å²) in [7, 11) is 0. The van der Waals surface area contributed by atoms with E-state index in [2.05, 4.69) is 37.2 Å². The fraction of sp³-hybridized carbons (Fsp3) is 0.0370. The molecule has 1 N–H and O–H groups in total. The Morgan fingerprint density at radius 1 is 0.912 bits per heavy atom. The molecule has 4 nitrogen and oxygen atoms in total. The molecular weight excluding hydrogens is 576 g/mol. The molecule has 0 saturated carbocycles. The number of para-hydroxylation sites is 1. The highest BCUT2D eigenvalue weighted by Gasteiger charge is 2.17. The molecule has 0 bridgehead atoms. The van der Waals surface area contributed by atoms with Gasteiger partial charge in [0, 0.05) is 20.1 Å². The van der Waals surface area contributed by atoms with Crippen LogP contribution in [0.25, 0.3) is 20.8 Å².